The molecule has 0 aromatic heterocycles. The van der Waals surface area contributed by atoms with Crippen LogP contribution in [0.2, 0.25) is 0 Å². The molecular weight excluding hydrogens is 260 g/mol. The van der Waals surface area contributed by atoms with E-state index < -0.39 is 0 Å². The largest absolute Gasteiger partial charge is 0.493 e. The average molecular weight is 284 g/mol. The molecule has 0 radical (unpaired) electrons. The molecular formula is C15H24O3S. The van der Waals surface area contributed by atoms with Crippen LogP contribution in [0.5, 0.6) is 17.2 Å². The molecule has 0 N–H and O–H groups in total. The van der Waals surface area contributed by atoms with E-state index in [4.69, 9.17) is 14.2 Å². The molecule has 0 atom stereocenters. The summed E-state index contributed by atoms with van der Waals surface area (Å²) in [6, 6.07) is 3.76. The molecule has 0 spiro atoms. The minimum Gasteiger partial charge on any atom is -0.493 e. The Morgan fingerprint density at radius 2 is 1.21 bits per heavy atom. The first-order chi connectivity index (χ1) is 9.22. The zero-order valence-corrected chi connectivity index (χ0v) is 13.0. The van der Waals surface area contributed by atoms with E-state index in [0.717, 1.165) is 41.4 Å². The van der Waals surface area contributed by atoms with E-state index in [-0.39, 0.29) is 0 Å². The Bertz CT molecular complexity index is 351. The molecule has 0 heterocycles. The molecule has 19 heavy (non-hydrogen) atoms. The van der Waals surface area contributed by atoms with Gasteiger partial charge in [-0.15, -0.1) is 12.6 Å². The Kier molecular flexibility index (Phi) is 7.56. The third-order valence-electron chi connectivity index (χ3n) is 2.41. The van der Waals surface area contributed by atoms with E-state index in [0.29, 0.717) is 19.8 Å². The van der Waals surface area contributed by atoms with Crippen LogP contribution < -0.4 is 14.2 Å². The summed E-state index contributed by atoms with van der Waals surface area (Å²) in [7, 11) is 0. The highest BCUT2D eigenvalue weighted by molar-refractivity contribution is 7.80. The van der Waals surface area contributed by atoms with E-state index in [9.17, 15) is 0 Å². The molecule has 0 saturated carbocycles. The third-order valence-corrected chi connectivity index (χ3v) is 2.85. The monoisotopic (exact) mass is 284 g/mol. The molecule has 0 saturated heterocycles. The van der Waals surface area contributed by atoms with E-state index in [1.165, 1.54) is 0 Å². The van der Waals surface area contributed by atoms with Crippen molar-refractivity contribution in [2.45, 2.75) is 44.9 Å². The molecule has 0 aliphatic heterocycles. The SMILES string of the molecule is CCCOc1cc(OCCC)c(S)c(OCCC)c1. The van der Waals surface area contributed by atoms with Crippen molar-refractivity contribution in [3.05, 3.63) is 12.1 Å². The smallest absolute Gasteiger partial charge is 0.140 e. The van der Waals surface area contributed by atoms with Crippen LogP contribution in [0, 0.1) is 0 Å². The highest BCUT2D eigenvalue weighted by Crippen LogP contribution is 2.37. The van der Waals surface area contributed by atoms with Crippen LogP contribution >= 0.6 is 12.6 Å². The average Bonchev–Trinajstić information content (AvgIpc) is 2.43. The number of hydrogen-bond acceptors (Lipinski definition) is 4. The summed E-state index contributed by atoms with van der Waals surface area (Å²) in [5.74, 6) is 2.23. The maximum Gasteiger partial charge on any atom is 0.140 e. The lowest BCUT2D eigenvalue weighted by Gasteiger charge is -2.15. The van der Waals surface area contributed by atoms with Gasteiger partial charge >= 0.3 is 0 Å². The van der Waals surface area contributed by atoms with Gasteiger partial charge in [-0.3, -0.25) is 0 Å². The van der Waals surface area contributed by atoms with Crippen molar-refractivity contribution in [2.75, 3.05) is 19.8 Å². The molecule has 1 rings (SSSR count). The fourth-order valence-corrected chi connectivity index (χ4v) is 1.76. The van der Waals surface area contributed by atoms with Gasteiger partial charge in [0.15, 0.2) is 0 Å². The molecule has 1 aromatic carbocycles. The Labute approximate surface area is 121 Å². The quantitative estimate of drug-likeness (QED) is 0.683. The van der Waals surface area contributed by atoms with E-state index in [2.05, 4.69) is 33.4 Å². The van der Waals surface area contributed by atoms with Crippen LogP contribution in [-0.4, -0.2) is 19.8 Å². The van der Waals surface area contributed by atoms with Gasteiger partial charge in [-0.1, -0.05) is 20.8 Å². The molecule has 108 valence electrons. The van der Waals surface area contributed by atoms with E-state index >= 15 is 0 Å². The van der Waals surface area contributed by atoms with Gasteiger partial charge in [-0.25, -0.2) is 0 Å². The topological polar surface area (TPSA) is 27.7 Å². The van der Waals surface area contributed by atoms with Gasteiger partial charge in [0.25, 0.3) is 0 Å². The minimum absolute atomic E-state index is 0.665. The third kappa shape index (κ3) is 5.23. The molecule has 0 bridgehead atoms. The summed E-state index contributed by atoms with van der Waals surface area (Å²) in [5.41, 5.74) is 0. The summed E-state index contributed by atoms with van der Waals surface area (Å²) in [6.07, 6.45) is 2.88. The first kappa shape index (κ1) is 16.0. The lowest BCUT2D eigenvalue weighted by Crippen LogP contribution is -2.02. The second kappa shape index (κ2) is 8.97. The summed E-state index contributed by atoms with van der Waals surface area (Å²) in [4.78, 5) is 0.741. The number of rotatable bonds is 9. The maximum absolute atomic E-state index is 5.69. The first-order valence-electron chi connectivity index (χ1n) is 6.98. The molecule has 0 aliphatic rings. The zero-order chi connectivity index (χ0) is 14.1. The zero-order valence-electron chi connectivity index (χ0n) is 12.1. The molecule has 0 aliphatic carbocycles. The second-order valence-electron chi connectivity index (χ2n) is 4.31. The fraction of sp³-hybridized carbons (Fsp3) is 0.600. The summed E-state index contributed by atoms with van der Waals surface area (Å²) < 4.78 is 17.0. The summed E-state index contributed by atoms with van der Waals surface area (Å²) >= 11 is 4.49. The number of thiol groups is 1. The van der Waals surface area contributed by atoms with E-state index in [1.54, 1.807) is 0 Å². The second-order valence-corrected chi connectivity index (χ2v) is 4.76. The normalized spacial score (nSPS) is 10.3. The van der Waals surface area contributed by atoms with E-state index in [1.807, 2.05) is 12.1 Å². The van der Waals surface area contributed by atoms with Crippen LogP contribution in [0.1, 0.15) is 40.0 Å². The molecule has 4 heteroatoms. The van der Waals surface area contributed by atoms with Gasteiger partial charge in [-0.2, -0.15) is 0 Å². The highest BCUT2D eigenvalue weighted by atomic mass is 32.1. The lowest BCUT2D eigenvalue weighted by molar-refractivity contribution is 0.276. The van der Waals surface area contributed by atoms with Crippen molar-refractivity contribution >= 4 is 12.6 Å². The molecule has 0 unspecified atom stereocenters. The van der Waals surface area contributed by atoms with Gasteiger partial charge in [-0.05, 0) is 19.3 Å². The van der Waals surface area contributed by atoms with Crippen molar-refractivity contribution in [1.82, 2.24) is 0 Å². The molecule has 3 nitrogen and oxygen atoms in total. The predicted octanol–water partition coefficient (Wildman–Crippen LogP) is 4.34. The Balaban J connectivity index is 2.92. The molecule has 0 fully saturated rings. The number of ether oxygens (including phenoxy) is 3. The molecule has 0 amide bonds. The van der Waals surface area contributed by atoms with Gasteiger partial charge in [0.1, 0.15) is 17.2 Å². The van der Waals surface area contributed by atoms with Crippen molar-refractivity contribution in [2.24, 2.45) is 0 Å². The van der Waals surface area contributed by atoms with Crippen LogP contribution in [-0.2, 0) is 0 Å². The van der Waals surface area contributed by atoms with Gasteiger partial charge in [0, 0.05) is 12.1 Å². The fourth-order valence-electron chi connectivity index (χ4n) is 1.51. The van der Waals surface area contributed by atoms with Crippen molar-refractivity contribution < 1.29 is 14.2 Å². The summed E-state index contributed by atoms with van der Waals surface area (Å²) in [6.45, 7) is 8.24. The van der Waals surface area contributed by atoms with Crippen LogP contribution in [0.25, 0.3) is 0 Å². The summed E-state index contributed by atoms with van der Waals surface area (Å²) in [5, 5.41) is 0. The van der Waals surface area contributed by atoms with Crippen LogP contribution in [0.15, 0.2) is 17.0 Å². The number of hydrogen-bond donors (Lipinski definition) is 1. The Morgan fingerprint density at radius 1 is 0.789 bits per heavy atom. The van der Waals surface area contributed by atoms with Gasteiger partial charge in [0.05, 0.1) is 24.7 Å². The van der Waals surface area contributed by atoms with Crippen molar-refractivity contribution in [1.29, 1.82) is 0 Å². The Morgan fingerprint density at radius 3 is 1.63 bits per heavy atom. The van der Waals surface area contributed by atoms with Crippen LogP contribution in [0.3, 0.4) is 0 Å². The van der Waals surface area contributed by atoms with Gasteiger partial charge in [0.2, 0.25) is 0 Å². The number of benzene rings is 1. The highest BCUT2D eigenvalue weighted by Gasteiger charge is 2.11. The lowest BCUT2D eigenvalue weighted by atomic mass is 10.3. The standard InChI is InChI=1S/C15H24O3S/c1-4-7-16-12-10-13(17-8-5-2)15(19)14(11-12)18-9-6-3/h10-11,19H,4-9H2,1-3H3. The maximum atomic E-state index is 5.69. The first-order valence-corrected chi connectivity index (χ1v) is 7.43. The Hall–Kier alpha value is -1.03. The van der Waals surface area contributed by atoms with Crippen LogP contribution in [0.4, 0.5) is 0 Å². The van der Waals surface area contributed by atoms with Crippen molar-refractivity contribution in [3.63, 3.8) is 0 Å². The molecule has 1 aromatic rings. The van der Waals surface area contributed by atoms with Gasteiger partial charge < -0.3 is 14.2 Å². The van der Waals surface area contributed by atoms with Crippen molar-refractivity contribution in [3.8, 4) is 17.2 Å². The minimum atomic E-state index is 0.665. The predicted molar refractivity (Wildman–Crippen MR) is 81.1 cm³/mol.